The maximum absolute atomic E-state index is 13.5. The van der Waals surface area contributed by atoms with Crippen LogP contribution in [-0.4, -0.2) is 65.8 Å². The molecule has 2 aromatic carbocycles. The lowest BCUT2D eigenvalue weighted by atomic mass is 10.1. The van der Waals surface area contributed by atoms with Gasteiger partial charge in [0, 0.05) is 49.2 Å². The van der Waals surface area contributed by atoms with Gasteiger partial charge in [0.05, 0.1) is 11.8 Å². The van der Waals surface area contributed by atoms with Crippen molar-refractivity contribution >= 4 is 33.3 Å². The molecule has 36 heavy (non-hydrogen) atoms. The fraction of sp³-hybridized carbons (Fsp3) is 0.320. The van der Waals surface area contributed by atoms with Crippen molar-refractivity contribution in [1.82, 2.24) is 19.4 Å². The highest BCUT2D eigenvalue weighted by atomic mass is 35.5. The van der Waals surface area contributed by atoms with E-state index in [9.17, 15) is 13.2 Å². The Kier molecular flexibility index (Phi) is 7.08. The largest absolute Gasteiger partial charge is 0.438 e. The monoisotopic (exact) mass is 527 g/mol. The second-order valence-electron chi connectivity index (χ2n) is 8.75. The highest BCUT2D eigenvalue weighted by Crippen LogP contribution is 2.36. The Hall–Kier alpha value is -3.21. The summed E-state index contributed by atoms with van der Waals surface area (Å²) in [5.74, 6) is 0.822. The summed E-state index contributed by atoms with van der Waals surface area (Å²) in [4.78, 5) is 16.8. The lowest BCUT2D eigenvalue weighted by molar-refractivity contribution is 0.223. The summed E-state index contributed by atoms with van der Waals surface area (Å²) in [6, 6.07) is 17.3. The van der Waals surface area contributed by atoms with Crippen molar-refractivity contribution in [3.05, 3.63) is 77.4 Å². The van der Waals surface area contributed by atoms with Crippen molar-refractivity contribution in [2.24, 2.45) is 0 Å². The molecular formula is C25H26ClN5O4S. The van der Waals surface area contributed by atoms with Crippen LogP contribution in [0, 0.1) is 0 Å². The number of carbonyl (C=O) groups is 1. The van der Waals surface area contributed by atoms with E-state index in [0.29, 0.717) is 42.0 Å². The Labute approximate surface area is 215 Å². The average molecular weight is 528 g/mol. The van der Waals surface area contributed by atoms with Crippen molar-refractivity contribution in [3.63, 3.8) is 0 Å². The molecule has 9 nitrogen and oxygen atoms in total. The molecule has 0 saturated carbocycles. The van der Waals surface area contributed by atoms with Crippen LogP contribution in [0.25, 0.3) is 0 Å². The predicted octanol–water partition coefficient (Wildman–Crippen LogP) is 4.33. The van der Waals surface area contributed by atoms with E-state index in [1.165, 1.54) is 4.31 Å². The summed E-state index contributed by atoms with van der Waals surface area (Å²) >= 11 is 6.08. The van der Waals surface area contributed by atoms with Gasteiger partial charge >= 0.3 is 6.03 Å². The number of aromatic nitrogens is 2. The van der Waals surface area contributed by atoms with Gasteiger partial charge in [-0.3, -0.25) is 4.90 Å². The number of amides is 2. The number of urea groups is 1. The molecular weight excluding hydrogens is 502 g/mol. The molecule has 2 fully saturated rings. The minimum absolute atomic E-state index is 0.101. The molecule has 11 heteroatoms. The minimum atomic E-state index is -3.41. The van der Waals surface area contributed by atoms with Gasteiger partial charge in [0.15, 0.2) is 0 Å². The third kappa shape index (κ3) is 5.30. The number of benzene rings is 2. The Morgan fingerprint density at radius 3 is 2.53 bits per heavy atom. The number of sulfonamides is 1. The van der Waals surface area contributed by atoms with Gasteiger partial charge in [-0.1, -0.05) is 23.7 Å². The van der Waals surface area contributed by atoms with Crippen molar-refractivity contribution in [1.29, 1.82) is 0 Å². The number of halogens is 1. The number of nitrogens with zero attached hydrogens (tertiary/aromatic N) is 5. The van der Waals surface area contributed by atoms with Crippen LogP contribution in [0.2, 0.25) is 5.02 Å². The zero-order chi connectivity index (χ0) is 25.1. The van der Waals surface area contributed by atoms with Gasteiger partial charge in [-0.15, -0.1) is 5.10 Å². The van der Waals surface area contributed by atoms with Crippen LogP contribution in [0.4, 0.5) is 10.5 Å². The molecule has 0 bridgehead atoms. The van der Waals surface area contributed by atoms with Gasteiger partial charge in [-0.25, -0.2) is 17.5 Å². The number of carbonyl (C=O) groups excluding carboxylic acids is 1. The van der Waals surface area contributed by atoms with Crippen LogP contribution < -0.4 is 9.64 Å². The normalized spacial score (nSPS) is 18.7. The van der Waals surface area contributed by atoms with Crippen molar-refractivity contribution < 1.29 is 17.9 Å². The highest BCUT2D eigenvalue weighted by molar-refractivity contribution is 7.89. The molecule has 0 radical (unpaired) electrons. The number of anilines is 1. The first kappa shape index (κ1) is 24.5. The van der Waals surface area contributed by atoms with E-state index in [2.05, 4.69) is 10.2 Å². The molecule has 1 aromatic heterocycles. The third-order valence-corrected chi connectivity index (χ3v) is 8.48. The van der Waals surface area contributed by atoms with Gasteiger partial charge < -0.3 is 9.64 Å². The van der Waals surface area contributed by atoms with Crippen LogP contribution in [0.5, 0.6) is 11.6 Å². The van der Waals surface area contributed by atoms with E-state index in [0.717, 1.165) is 18.4 Å². The SMILES string of the molecule is O=C1N(CCS(=O)(=O)N2CCCC2)CC(c2cccc(Oc3cccnn3)c2)N1c1ccc(Cl)cc1. The topological polar surface area (TPSA) is 95.9 Å². The molecule has 2 amide bonds. The van der Waals surface area contributed by atoms with Crippen molar-refractivity contribution in [2.75, 3.05) is 36.8 Å². The summed E-state index contributed by atoms with van der Waals surface area (Å²) in [5.41, 5.74) is 1.53. The molecule has 5 rings (SSSR count). The molecule has 0 spiro atoms. The van der Waals surface area contributed by atoms with Gasteiger partial charge in [0.1, 0.15) is 5.75 Å². The summed E-state index contributed by atoms with van der Waals surface area (Å²) in [6.45, 7) is 1.56. The van der Waals surface area contributed by atoms with Crippen LogP contribution in [0.15, 0.2) is 66.9 Å². The maximum Gasteiger partial charge on any atom is 0.325 e. The number of hydrogen-bond donors (Lipinski definition) is 0. The molecule has 3 heterocycles. The smallest absolute Gasteiger partial charge is 0.325 e. The summed E-state index contributed by atoms with van der Waals surface area (Å²) in [7, 11) is -3.41. The second kappa shape index (κ2) is 10.4. The highest BCUT2D eigenvalue weighted by Gasteiger charge is 2.40. The standard InChI is InChI=1S/C25H26ClN5O4S/c26-20-8-10-21(11-9-20)31-23(19-5-3-6-22(17-19)35-24-7-4-12-27-28-24)18-29(25(31)32)15-16-36(33,34)30-13-1-2-14-30/h3-12,17,23H,1-2,13-16,18H2. The molecule has 3 aromatic rings. The lowest BCUT2D eigenvalue weighted by Gasteiger charge is -2.24. The van der Waals surface area contributed by atoms with Gasteiger partial charge in [-0.2, -0.15) is 5.10 Å². The van der Waals surface area contributed by atoms with E-state index < -0.39 is 10.0 Å². The average Bonchev–Trinajstić information content (AvgIpc) is 3.54. The quantitative estimate of drug-likeness (QED) is 0.432. The Balaban J connectivity index is 1.40. The zero-order valence-electron chi connectivity index (χ0n) is 19.5. The van der Waals surface area contributed by atoms with Gasteiger partial charge in [0.2, 0.25) is 15.9 Å². The van der Waals surface area contributed by atoms with Crippen molar-refractivity contribution in [2.45, 2.75) is 18.9 Å². The van der Waals surface area contributed by atoms with Gasteiger partial charge in [0.25, 0.3) is 0 Å². The van der Waals surface area contributed by atoms with E-state index >= 15 is 0 Å². The van der Waals surface area contributed by atoms with E-state index in [1.807, 2.05) is 24.3 Å². The molecule has 188 valence electrons. The summed E-state index contributed by atoms with van der Waals surface area (Å²) < 4.78 is 32.9. The van der Waals surface area contributed by atoms with E-state index in [-0.39, 0.29) is 24.4 Å². The predicted molar refractivity (Wildman–Crippen MR) is 137 cm³/mol. The molecule has 2 aliphatic rings. The third-order valence-electron chi connectivity index (χ3n) is 6.38. The fourth-order valence-corrected chi connectivity index (χ4v) is 6.21. The fourth-order valence-electron chi connectivity index (χ4n) is 4.56. The maximum atomic E-state index is 13.5. The molecule has 0 N–H and O–H groups in total. The van der Waals surface area contributed by atoms with Crippen LogP contribution in [-0.2, 0) is 10.0 Å². The number of rotatable bonds is 8. The Morgan fingerprint density at radius 2 is 1.81 bits per heavy atom. The first-order chi connectivity index (χ1) is 17.4. The van der Waals surface area contributed by atoms with Crippen LogP contribution >= 0.6 is 11.6 Å². The number of ether oxygens (including phenoxy) is 1. The van der Waals surface area contributed by atoms with Crippen LogP contribution in [0.3, 0.4) is 0 Å². The number of hydrogen-bond acceptors (Lipinski definition) is 6. The van der Waals surface area contributed by atoms with Crippen LogP contribution in [0.1, 0.15) is 24.4 Å². The van der Waals surface area contributed by atoms with Crippen molar-refractivity contribution in [3.8, 4) is 11.6 Å². The lowest BCUT2D eigenvalue weighted by Crippen LogP contribution is -2.38. The second-order valence-corrected chi connectivity index (χ2v) is 11.3. The first-order valence-electron chi connectivity index (χ1n) is 11.8. The van der Waals surface area contributed by atoms with E-state index in [4.69, 9.17) is 16.3 Å². The summed E-state index contributed by atoms with van der Waals surface area (Å²) in [6.07, 6.45) is 3.32. The molecule has 2 saturated heterocycles. The Bertz CT molecular complexity index is 1320. The molecule has 1 unspecified atom stereocenters. The Morgan fingerprint density at radius 1 is 1.03 bits per heavy atom. The molecule has 0 aliphatic carbocycles. The molecule has 2 aliphatic heterocycles. The first-order valence-corrected chi connectivity index (χ1v) is 13.8. The minimum Gasteiger partial charge on any atom is -0.438 e. The van der Waals surface area contributed by atoms with Gasteiger partial charge in [-0.05, 0) is 60.9 Å². The summed E-state index contributed by atoms with van der Waals surface area (Å²) in [5, 5.41) is 8.35. The zero-order valence-corrected chi connectivity index (χ0v) is 21.1. The molecule has 1 atom stereocenters. The van der Waals surface area contributed by atoms with E-state index in [1.54, 1.807) is 52.4 Å².